The van der Waals surface area contributed by atoms with E-state index in [-0.39, 0.29) is 11.3 Å². The van der Waals surface area contributed by atoms with E-state index in [1.165, 1.54) is 0 Å². The zero-order valence-corrected chi connectivity index (χ0v) is 11.5. The van der Waals surface area contributed by atoms with Gasteiger partial charge in [0.05, 0.1) is 11.4 Å². The molecule has 1 aromatic carbocycles. The second-order valence-electron chi connectivity index (χ2n) is 5.49. The Morgan fingerprint density at radius 1 is 1.39 bits per heavy atom. The molecule has 0 bridgehead atoms. The Kier molecular flexibility index (Phi) is 3.60. The summed E-state index contributed by atoms with van der Waals surface area (Å²) in [6, 6.07) is 8.06. The molecule has 2 rings (SSSR count). The fourth-order valence-corrected chi connectivity index (χ4v) is 2.17. The molecule has 1 N–H and O–H groups in total. The Balaban J connectivity index is 2.36. The second-order valence-corrected chi connectivity index (χ2v) is 5.49. The SMILES string of the molecule is CCC(C)(C)C(=O)N1CCCNc2ccccc21. The third kappa shape index (κ3) is 2.35. The number of nitrogens with one attached hydrogen (secondary N) is 1. The summed E-state index contributed by atoms with van der Waals surface area (Å²) < 4.78 is 0. The molecule has 1 aromatic rings. The highest BCUT2D eigenvalue weighted by atomic mass is 16.2. The van der Waals surface area contributed by atoms with Crippen LogP contribution in [0, 0.1) is 5.41 Å². The van der Waals surface area contributed by atoms with Crippen molar-refractivity contribution in [3.05, 3.63) is 24.3 Å². The summed E-state index contributed by atoms with van der Waals surface area (Å²) in [6.45, 7) is 7.84. The van der Waals surface area contributed by atoms with Gasteiger partial charge in [0.25, 0.3) is 0 Å². The third-order valence-corrected chi connectivity index (χ3v) is 3.78. The molecule has 1 amide bonds. The number of benzene rings is 1. The minimum absolute atomic E-state index is 0.223. The number of hydrogen-bond acceptors (Lipinski definition) is 2. The number of para-hydroxylation sites is 2. The van der Waals surface area contributed by atoms with E-state index < -0.39 is 0 Å². The number of carbonyl (C=O) groups is 1. The molecule has 0 fully saturated rings. The van der Waals surface area contributed by atoms with Crippen molar-refractivity contribution in [3.63, 3.8) is 0 Å². The van der Waals surface area contributed by atoms with Gasteiger partial charge in [-0.25, -0.2) is 0 Å². The van der Waals surface area contributed by atoms with Crippen molar-refractivity contribution < 1.29 is 4.79 Å². The van der Waals surface area contributed by atoms with Gasteiger partial charge in [0, 0.05) is 18.5 Å². The summed E-state index contributed by atoms with van der Waals surface area (Å²) in [7, 11) is 0. The summed E-state index contributed by atoms with van der Waals surface area (Å²) in [4.78, 5) is 14.6. The van der Waals surface area contributed by atoms with Crippen LogP contribution in [0.3, 0.4) is 0 Å². The molecule has 0 saturated heterocycles. The van der Waals surface area contributed by atoms with E-state index in [4.69, 9.17) is 0 Å². The topological polar surface area (TPSA) is 32.3 Å². The molecule has 18 heavy (non-hydrogen) atoms. The normalized spacial score (nSPS) is 15.6. The molecule has 0 radical (unpaired) electrons. The largest absolute Gasteiger partial charge is 0.383 e. The Bertz CT molecular complexity index is 440. The maximum Gasteiger partial charge on any atom is 0.232 e. The van der Waals surface area contributed by atoms with Gasteiger partial charge in [0.2, 0.25) is 5.91 Å². The lowest BCUT2D eigenvalue weighted by Crippen LogP contribution is -2.41. The Morgan fingerprint density at radius 3 is 2.83 bits per heavy atom. The van der Waals surface area contributed by atoms with Crippen molar-refractivity contribution in [2.45, 2.75) is 33.6 Å². The van der Waals surface area contributed by atoms with Crippen molar-refractivity contribution in [2.24, 2.45) is 5.41 Å². The first-order chi connectivity index (χ1) is 8.56. The molecule has 0 atom stereocenters. The maximum absolute atomic E-state index is 12.7. The van der Waals surface area contributed by atoms with Gasteiger partial charge in [-0.05, 0) is 25.0 Å². The van der Waals surface area contributed by atoms with E-state index in [1.54, 1.807) is 0 Å². The van der Waals surface area contributed by atoms with Crippen LogP contribution in [-0.2, 0) is 4.79 Å². The van der Waals surface area contributed by atoms with Crippen LogP contribution in [0.1, 0.15) is 33.6 Å². The van der Waals surface area contributed by atoms with Gasteiger partial charge < -0.3 is 10.2 Å². The average molecular weight is 246 g/mol. The predicted molar refractivity (Wildman–Crippen MR) is 76.0 cm³/mol. The lowest BCUT2D eigenvalue weighted by atomic mass is 9.88. The van der Waals surface area contributed by atoms with Crippen LogP contribution in [-0.4, -0.2) is 19.0 Å². The second kappa shape index (κ2) is 5.01. The molecule has 1 heterocycles. The average Bonchev–Trinajstić information content (AvgIpc) is 2.60. The molecule has 1 aliphatic rings. The van der Waals surface area contributed by atoms with Gasteiger partial charge in [-0.2, -0.15) is 0 Å². The fraction of sp³-hybridized carbons (Fsp3) is 0.533. The van der Waals surface area contributed by atoms with Gasteiger partial charge in [-0.15, -0.1) is 0 Å². The summed E-state index contributed by atoms with van der Waals surface area (Å²) in [5.41, 5.74) is 1.79. The van der Waals surface area contributed by atoms with Crippen LogP contribution in [0.15, 0.2) is 24.3 Å². The molecule has 1 aliphatic heterocycles. The number of rotatable bonds is 2. The van der Waals surface area contributed by atoms with Crippen molar-refractivity contribution >= 4 is 17.3 Å². The standard InChI is InChI=1S/C15H22N2O/c1-4-15(2,3)14(18)17-11-7-10-16-12-8-5-6-9-13(12)17/h5-6,8-9,16H,4,7,10-11H2,1-3H3. The first kappa shape index (κ1) is 12.9. The lowest BCUT2D eigenvalue weighted by Gasteiger charge is -2.31. The zero-order valence-electron chi connectivity index (χ0n) is 11.5. The van der Waals surface area contributed by atoms with Gasteiger partial charge in [-0.3, -0.25) is 4.79 Å². The molecule has 0 unspecified atom stereocenters. The van der Waals surface area contributed by atoms with Crippen LogP contribution in [0.5, 0.6) is 0 Å². The molecular weight excluding hydrogens is 224 g/mol. The highest BCUT2D eigenvalue weighted by molar-refractivity contribution is 6.00. The fourth-order valence-electron chi connectivity index (χ4n) is 2.17. The lowest BCUT2D eigenvalue weighted by molar-refractivity contribution is -0.126. The van der Waals surface area contributed by atoms with E-state index in [0.717, 1.165) is 37.3 Å². The van der Waals surface area contributed by atoms with Crippen molar-refractivity contribution in [2.75, 3.05) is 23.3 Å². The van der Waals surface area contributed by atoms with Crippen LogP contribution in [0.2, 0.25) is 0 Å². The number of carbonyl (C=O) groups excluding carboxylic acids is 1. The van der Waals surface area contributed by atoms with Crippen LogP contribution in [0.4, 0.5) is 11.4 Å². The Morgan fingerprint density at radius 2 is 2.11 bits per heavy atom. The number of nitrogens with zero attached hydrogens (tertiary/aromatic N) is 1. The molecule has 98 valence electrons. The minimum atomic E-state index is -0.294. The smallest absolute Gasteiger partial charge is 0.232 e. The number of amides is 1. The van der Waals surface area contributed by atoms with Crippen molar-refractivity contribution in [1.29, 1.82) is 0 Å². The van der Waals surface area contributed by atoms with Crippen molar-refractivity contribution in [3.8, 4) is 0 Å². The summed E-state index contributed by atoms with van der Waals surface area (Å²) >= 11 is 0. The first-order valence-electron chi connectivity index (χ1n) is 6.71. The Labute approximate surface area is 109 Å². The van der Waals surface area contributed by atoms with Crippen LogP contribution >= 0.6 is 0 Å². The summed E-state index contributed by atoms with van der Waals surface area (Å²) in [5, 5.41) is 3.39. The molecule has 0 spiro atoms. The third-order valence-electron chi connectivity index (χ3n) is 3.78. The van der Waals surface area contributed by atoms with E-state index >= 15 is 0 Å². The quantitative estimate of drug-likeness (QED) is 0.868. The monoisotopic (exact) mass is 246 g/mol. The van der Waals surface area contributed by atoms with E-state index in [9.17, 15) is 4.79 Å². The molecule has 3 heteroatoms. The predicted octanol–water partition coefficient (Wildman–Crippen LogP) is 3.27. The minimum Gasteiger partial charge on any atom is -0.383 e. The van der Waals surface area contributed by atoms with Gasteiger partial charge >= 0.3 is 0 Å². The molecule has 0 aromatic heterocycles. The summed E-state index contributed by atoms with van der Waals surface area (Å²) in [5.74, 6) is 0.223. The molecule has 0 saturated carbocycles. The molecule has 0 aliphatic carbocycles. The van der Waals surface area contributed by atoms with Gasteiger partial charge in [0.1, 0.15) is 0 Å². The maximum atomic E-state index is 12.7. The van der Waals surface area contributed by atoms with E-state index in [0.29, 0.717) is 0 Å². The number of fused-ring (bicyclic) bond motifs is 1. The van der Waals surface area contributed by atoms with E-state index in [1.807, 2.05) is 43.0 Å². The Hall–Kier alpha value is -1.51. The highest BCUT2D eigenvalue weighted by Gasteiger charge is 2.32. The first-order valence-corrected chi connectivity index (χ1v) is 6.71. The van der Waals surface area contributed by atoms with Crippen LogP contribution < -0.4 is 10.2 Å². The van der Waals surface area contributed by atoms with Crippen molar-refractivity contribution in [1.82, 2.24) is 0 Å². The van der Waals surface area contributed by atoms with Crippen LogP contribution in [0.25, 0.3) is 0 Å². The summed E-state index contributed by atoms with van der Waals surface area (Å²) in [6.07, 6.45) is 1.85. The zero-order chi connectivity index (χ0) is 13.2. The number of anilines is 2. The number of hydrogen-bond donors (Lipinski definition) is 1. The highest BCUT2D eigenvalue weighted by Crippen LogP contribution is 2.32. The van der Waals surface area contributed by atoms with Gasteiger partial charge in [0.15, 0.2) is 0 Å². The van der Waals surface area contributed by atoms with Gasteiger partial charge in [-0.1, -0.05) is 32.9 Å². The molecular formula is C15H22N2O. The molecule has 3 nitrogen and oxygen atoms in total. The van der Waals surface area contributed by atoms with E-state index in [2.05, 4.69) is 12.2 Å².